The second-order valence-corrected chi connectivity index (χ2v) is 6.06. The van der Waals surface area contributed by atoms with Crippen molar-refractivity contribution in [3.63, 3.8) is 0 Å². The lowest BCUT2D eigenvalue weighted by Crippen LogP contribution is -2.54. The molecule has 19 heavy (non-hydrogen) atoms. The lowest BCUT2D eigenvalue weighted by atomic mass is 9.93. The highest BCUT2D eigenvalue weighted by Gasteiger charge is 2.31. The highest BCUT2D eigenvalue weighted by atomic mass is 16.4. The molecule has 0 fully saturated rings. The van der Waals surface area contributed by atoms with Gasteiger partial charge in [0.2, 0.25) is 5.91 Å². The van der Waals surface area contributed by atoms with E-state index in [1.807, 2.05) is 0 Å². The maximum Gasteiger partial charge on any atom is 0.323 e. The van der Waals surface area contributed by atoms with E-state index in [1.165, 1.54) is 4.90 Å². The number of hydrogen-bond donors (Lipinski definition) is 3. The zero-order valence-corrected chi connectivity index (χ0v) is 12.1. The van der Waals surface area contributed by atoms with Crippen LogP contribution in [0.5, 0.6) is 0 Å². The number of carboxylic acids is 1. The number of nitrogens with zero attached hydrogens (tertiary/aromatic N) is 1. The predicted molar refractivity (Wildman–Crippen MR) is 70.5 cm³/mol. The monoisotopic (exact) mass is 273 g/mol. The Bertz CT molecular complexity index is 372. The molecule has 0 bridgehead atoms. The molecule has 0 heterocycles. The zero-order valence-electron chi connectivity index (χ0n) is 12.1. The zero-order chi connectivity index (χ0) is 15.4. The minimum absolute atomic E-state index is 0.0490. The van der Waals surface area contributed by atoms with Crippen LogP contribution in [-0.2, 0) is 9.59 Å². The van der Waals surface area contributed by atoms with E-state index in [0.717, 1.165) is 0 Å². The number of hydrogen-bond acceptors (Lipinski definition) is 3. The molecular formula is C12H23N3O4. The minimum Gasteiger partial charge on any atom is -0.480 e. The molecule has 0 unspecified atom stereocenters. The lowest BCUT2D eigenvalue weighted by Gasteiger charge is -2.35. The number of amides is 3. The van der Waals surface area contributed by atoms with E-state index in [4.69, 9.17) is 10.8 Å². The number of carbonyl (C=O) groups excluding carboxylic acids is 2. The van der Waals surface area contributed by atoms with Crippen LogP contribution in [0, 0.1) is 5.41 Å². The first kappa shape index (κ1) is 17.2. The van der Waals surface area contributed by atoms with Crippen LogP contribution >= 0.6 is 0 Å². The largest absolute Gasteiger partial charge is 0.480 e. The summed E-state index contributed by atoms with van der Waals surface area (Å²) >= 11 is 0. The summed E-state index contributed by atoms with van der Waals surface area (Å²) in [5, 5.41) is 11.4. The van der Waals surface area contributed by atoms with E-state index in [1.54, 1.807) is 34.6 Å². The maximum atomic E-state index is 12.0. The number of carboxylic acid groups (broad SMARTS) is 1. The van der Waals surface area contributed by atoms with Crippen molar-refractivity contribution in [2.24, 2.45) is 11.1 Å². The van der Waals surface area contributed by atoms with E-state index in [9.17, 15) is 14.4 Å². The molecule has 0 aromatic heterocycles. The van der Waals surface area contributed by atoms with Crippen LogP contribution in [0.3, 0.4) is 0 Å². The van der Waals surface area contributed by atoms with Gasteiger partial charge in [0, 0.05) is 12.1 Å². The standard InChI is InChI=1S/C12H23N3O4/c1-11(2,3)15(6-8(16)17)10(19)14-7-12(4,5)9(13)18/h6-7H2,1-5H3,(H2,13,18)(H,14,19)(H,16,17). The van der Waals surface area contributed by atoms with Gasteiger partial charge < -0.3 is 21.1 Å². The number of nitrogens with one attached hydrogen (secondary N) is 1. The fourth-order valence-corrected chi connectivity index (χ4v) is 1.23. The molecule has 0 rings (SSSR count). The molecule has 0 atom stereocenters. The van der Waals surface area contributed by atoms with E-state index < -0.39 is 35.4 Å². The van der Waals surface area contributed by atoms with Gasteiger partial charge in [-0.2, -0.15) is 0 Å². The molecule has 0 aliphatic rings. The van der Waals surface area contributed by atoms with Crippen LogP contribution < -0.4 is 11.1 Å². The fourth-order valence-electron chi connectivity index (χ4n) is 1.23. The number of carbonyl (C=O) groups is 3. The molecular weight excluding hydrogens is 250 g/mol. The van der Waals surface area contributed by atoms with Gasteiger partial charge in [0.15, 0.2) is 0 Å². The molecule has 3 amide bonds. The van der Waals surface area contributed by atoms with E-state index in [0.29, 0.717) is 0 Å². The van der Waals surface area contributed by atoms with Gasteiger partial charge in [-0.15, -0.1) is 0 Å². The van der Waals surface area contributed by atoms with Crippen molar-refractivity contribution >= 4 is 17.9 Å². The molecule has 0 aromatic rings. The average Bonchev–Trinajstić information content (AvgIpc) is 2.20. The summed E-state index contributed by atoms with van der Waals surface area (Å²) in [4.78, 5) is 35.1. The van der Waals surface area contributed by atoms with Crippen LogP contribution in [0.2, 0.25) is 0 Å². The Kier molecular flexibility index (Phi) is 5.34. The van der Waals surface area contributed by atoms with E-state index >= 15 is 0 Å². The minimum atomic E-state index is -1.10. The first-order valence-electron chi connectivity index (χ1n) is 5.95. The number of rotatable bonds is 5. The Morgan fingerprint density at radius 1 is 1.16 bits per heavy atom. The smallest absolute Gasteiger partial charge is 0.323 e. The summed E-state index contributed by atoms with van der Waals surface area (Å²) in [5.41, 5.74) is 3.68. The van der Waals surface area contributed by atoms with Gasteiger partial charge in [-0.1, -0.05) is 0 Å². The number of aliphatic carboxylic acids is 1. The van der Waals surface area contributed by atoms with Crippen molar-refractivity contribution in [2.45, 2.75) is 40.2 Å². The van der Waals surface area contributed by atoms with Crippen molar-refractivity contribution in [2.75, 3.05) is 13.1 Å². The van der Waals surface area contributed by atoms with Crippen molar-refractivity contribution in [3.8, 4) is 0 Å². The lowest BCUT2D eigenvalue weighted by molar-refractivity contribution is -0.138. The van der Waals surface area contributed by atoms with Crippen molar-refractivity contribution < 1.29 is 19.5 Å². The number of urea groups is 1. The van der Waals surface area contributed by atoms with Gasteiger partial charge in [0.05, 0.1) is 5.41 Å². The summed E-state index contributed by atoms with van der Waals surface area (Å²) in [6, 6.07) is -0.538. The van der Waals surface area contributed by atoms with Gasteiger partial charge in [-0.3, -0.25) is 9.59 Å². The third-order valence-corrected chi connectivity index (χ3v) is 2.70. The molecule has 0 radical (unpaired) electrons. The van der Waals surface area contributed by atoms with Gasteiger partial charge in [0.1, 0.15) is 6.54 Å². The Morgan fingerprint density at radius 3 is 1.95 bits per heavy atom. The van der Waals surface area contributed by atoms with Crippen LogP contribution in [0.15, 0.2) is 0 Å². The van der Waals surface area contributed by atoms with Crippen LogP contribution in [-0.4, -0.2) is 46.5 Å². The maximum absolute atomic E-state index is 12.0. The molecule has 0 aliphatic heterocycles. The van der Waals surface area contributed by atoms with Crippen LogP contribution in [0.4, 0.5) is 4.79 Å². The Labute approximate surface area is 113 Å². The molecule has 0 saturated carbocycles. The van der Waals surface area contributed by atoms with Crippen molar-refractivity contribution in [1.29, 1.82) is 0 Å². The molecule has 0 aromatic carbocycles. The fraction of sp³-hybridized carbons (Fsp3) is 0.750. The molecule has 4 N–H and O–H groups in total. The predicted octanol–water partition coefficient (Wildman–Crippen LogP) is 0.393. The molecule has 0 spiro atoms. The van der Waals surface area contributed by atoms with Gasteiger partial charge in [-0.25, -0.2) is 4.79 Å². The first-order chi connectivity index (χ1) is 8.38. The third kappa shape index (κ3) is 5.58. The Balaban J connectivity index is 4.76. The van der Waals surface area contributed by atoms with E-state index in [2.05, 4.69) is 5.32 Å². The van der Waals surface area contributed by atoms with E-state index in [-0.39, 0.29) is 6.54 Å². The molecule has 0 saturated heterocycles. The quantitative estimate of drug-likeness (QED) is 0.672. The average molecular weight is 273 g/mol. The Hall–Kier alpha value is -1.79. The summed E-state index contributed by atoms with van der Waals surface area (Å²) in [6.45, 7) is 8.04. The van der Waals surface area contributed by atoms with Gasteiger partial charge in [-0.05, 0) is 34.6 Å². The third-order valence-electron chi connectivity index (χ3n) is 2.70. The Morgan fingerprint density at radius 2 is 1.63 bits per heavy atom. The highest BCUT2D eigenvalue weighted by Crippen LogP contribution is 2.15. The van der Waals surface area contributed by atoms with Gasteiger partial charge >= 0.3 is 12.0 Å². The summed E-state index contributed by atoms with van der Waals surface area (Å²) in [5.74, 6) is -1.63. The van der Waals surface area contributed by atoms with Crippen molar-refractivity contribution in [1.82, 2.24) is 10.2 Å². The first-order valence-corrected chi connectivity index (χ1v) is 5.95. The summed E-state index contributed by atoms with van der Waals surface area (Å²) in [6.07, 6.45) is 0. The normalized spacial score (nSPS) is 11.8. The number of primary amides is 1. The van der Waals surface area contributed by atoms with Crippen molar-refractivity contribution in [3.05, 3.63) is 0 Å². The highest BCUT2D eigenvalue weighted by molar-refractivity contribution is 5.83. The molecule has 110 valence electrons. The molecule has 7 nitrogen and oxygen atoms in total. The van der Waals surface area contributed by atoms with Gasteiger partial charge in [0.25, 0.3) is 0 Å². The molecule has 0 aliphatic carbocycles. The second kappa shape index (κ2) is 5.90. The van der Waals surface area contributed by atoms with Crippen LogP contribution in [0.25, 0.3) is 0 Å². The topological polar surface area (TPSA) is 113 Å². The summed E-state index contributed by atoms with van der Waals surface area (Å²) < 4.78 is 0. The molecule has 7 heteroatoms. The SMILES string of the molecule is CC(C)(CNC(=O)N(CC(=O)O)C(C)(C)C)C(N)=O. The second-order valence-electron chi connectivity index (χ2n) is 6.06. The summed E-state index contributed by atoms with van der Waals surface area (Å²) in [7, 11) is 0. The van der Waals surface area contributed by atoms with Crippen LogP contribution in [0.1, 0.15) is 34.6 Å². The number of nitrogens with two attached hydrogens (primary N) is 1.